The summed E-state index contributed by atoms with van der Waals surface area (Å²) in [5, 5.41) is 0. The van der Waals surface area contributed by atoms with Crippen molar-refractivity contribution in [3.8, 4) is 0 Å². The van der Waals surface area contributed by atoms with Gasteiger partial charge in [-0.15, -0.1) is 0 Å². The third kappa shape index (κ3) is 1.88. The molecule has 0 bridgehead atoms. The molecule has 0 amide bonds. The van der Waals surface area contributed by atoms with Crippen LogP contribution in [0.3, 0.4) is 0 Å². The van der Waals surface area contributed by atoms with Crippen molar-refractivity contribution >= 4 is 6.16 Å². The van der Waals surface area contributed by atoms with E-state index >= 15 is 0 Å². The molecule has 0 aromatic carbocycles. The second-order valence-corrected chi connectivity index (χ2v) is 2.61. The molecule has 0 saturated carbocycles. The van der Waals surface area contributed by atoms with Gasteiger partial charge in [0.25, 0.3) is 0 Å². The Morgan fingerprint density at radius 1 is 1.21 bits per heavy atom. The zero-order valence-corrected chi connectivity index (χ0v) is 6.61. The lowest BCUT2D eigenvalue weighted by molar-refractivity contribution is -0.318. The Balaban J connectivity index is 2.76. The van der Waals surface area contributed by atoms with Crippen molar-refractivity contribution in [1.82, 2.24) is 0 Å². The molecule has 0 aliphatic carbocycles. The van der Waals surface area contributed by atoms with Gasteiger partial charge >= 0.3 is 18.3 Å². The van der Waals surface area contributed by atoms with Crippen molar-refractivity contribution < 1.29 is 36.2 Å². The van der Waals surface area contributed by atoms with Gasteiger partial charge in [-0.05, 0) is 0 Å². The smallest absolute Gasteiger partial charge is 0.434 e. The summed E-state index contributed by atoms with van der Waals surface area (Å²) in [5.41, 5.74) is 0. The van der Waals surface area contributed by atoms with Crippen molar-refractivity contribution in [1.29, 1.82) is 0 Å². The van der Waals surface area contributed by atoms with Crippen LogP contribution in [0.5, 0.6) is 0 Å². The lowest BCUT2D eigenvalue weighted by Crippen LogP contribution is -2.51. The predicted octanol–water partition coefficient (Wildman–Crippen LogP) is 2.11. The summed E-state index contributed by atoms with van der Waals surface area (Å²) < 4.78 is 68.2. The Morgan fingerprint density at radius 3 is 2.21 bits per heavy atom. The van der Waals surface area contributed by atoms with E-state index in [2.05, 4.69) is 9.47 Å². The molecule has 1 aliphatic heterocycles. The van der Waals surface area contributed by atoms with E-state index in [-0.39, 0.29) is 0 Å². The van der Waals surface area contributed by atoms with Crippen molar-refractivity contribution in [2.24, 2.45) is 0 Å². The van der Waals surface area contributed by atoms with Crippen LogP contribution in [-0.4, -0.2) is 31.0 Å². The summed E-state index contributed by atoms with van der Waals surface area (Å²) >= 11 is 0. The molecule has 0 aromatic rings. The van der Waals surface area contributed by atoms with Crippen molar-refractivity contribution in [3.05, 3.63) is 0 Å². The lowest BCUT2D eigenvalue weighted by Gasteiger charge is -2.30. The first-order valence-corrected chi connectivity index (χ1v) is 3.53. The molecule has 1 unspecified atom stereocenters. The van der Waals surface area contributed by atoms with Crippen LogP contribution >= 0.6 is 0 Å². The van der Waals surface area contributed by atoms with Gasteiger partial charge in [0, 0.05) is 6.42 Å². The maximum atomic E-state index is 12.5. The fraction of sp³-hybridized carbons (Fsp3) is 0.833. The number of carbonyl (C=O) groups is 1. The Labute approximate surface area is 74.8 Å². The highest BCUT2D eigenvalue weighted by Crippen LogP contribution is 2.41. The highest BCUT2D eigenvalue weighted by Gasteiger charge is 2.64. The summed E-state index contributed by atoms with van der Waals surface area (Å²) in [6, 6.07) is 0. The molecule has 0 aromatic heterocycles. The highest BCUT2D eigenvalue weighted by molar-refractivity contribution is 5.60. The molecule has 1 aliphatic rings. The van der Waals surface area contributed by atoms with Crippen LogP contribution < -0.4 is 0 Å². The highest BCUT2D eigenvalue weighted by atomic mass is 19.4. The summed E-state index contributed by atoms with van der Waals surface area (Å²) in [6.07, 6.45) is -10.4. The molecule has 3 nitrogen and oxygen atoms in total. The van der Waals surface area contributed by atoms with E-state index in [0.29, 0.717) is 0 Å². The fourth-order valence-corrected chi connectivity index (χ4v) is 0.896. The zero-order valence-electron chi connectivity index (χ0n) is 6.61. The second kappa shape index (κ2) is 3.25. The van der Waals surface area contributed by atoms with Gasteiger partial charge < -0.3 is 9.47 Å². The maximum absolute atomic E-state index is 12.5. The number of carbonyl (C=O) groups excluding carboxylic acids is 1. The summed E-state index contributed by atoms with van der Waals surface area (Å²) in [5.74, 6) is -5.04. The number of hydrogen-bond donors (Lipinski definition) is 0. The van der Waals surface area contributed by atoms with Crippen LogP contribution in [0.25, 0.3) is 0 Å². The maximum Gasteiger partial charge on any atom is 0.508 e. The number of alkyl halides is 5. The monoisotopic (exact) mass is 220 g/mol. The third-order valence-corrected chi connectivity index (χ3v) is 1.62. The fourth-order valence-electron chi connectivity index (χ4n) is 0.896. The first-order chi connectivity index (χ1) is 6.25. The van der Waals surface area contributed by atoms with Gasteiger partial charge in [0.15, 0.2) is 6.10 Å². The van der Waals surface area contributed by atoms with Gasteiger partial charge in [0.05, 0.1) is 6.61 Å². The van der Waals surface area contributed by atoms with Crippen molar-refractivity contribution in [2.75, 3.05) is 6.61 Å². The molecule has 82 valence electrons. The summed E-state index contributed by atoms with van der Waals surface area (Å²) in [7, 11) is 0. The third-order valence-electron chi connectivity index (χ3n) is 1.62. The van der Waals surface area contributed by atoms with Crippen LogP contribution in [0.15, 0.2) is 0 Å². The molecule has 1 saturated heterocycles. The minimum Gasteiger partial charge on any atom is -0.434 e. The number of rotatable bonds is 1. The first-order valence-electron chi connectivity index (χ1n) is 3.53. The minimum atomic E-state index is -5.73. The molecule has 1 fully saturated rings. The average Bonchev–Trinajstić information content (AvgIpc) is 2.02. The van der Waals surface area contributed by atoms with E-state index < -0.39 is 37.4 Å². The molecular formula is C6H5F5O3. The number of ether oxygens (including phenoxy) is 2. The first kappa shape index (κ1) is 11.0. The van der Waals surface area contributed by atoms with Gasteiger partial charge in [-0.1, -0.05) is 0 Å². The van der Waals surface area contributed by atoms with Gasteiger partial charge in [0.2, 0.25) is 0 Å². The molecular weight excluding hydrogens is 215 g/mol. The SMILES string of the molecule is O=C1OCCC(C(F)(F)C(F)(F)F)O1. The normalized spacial score (nSPS) is 24.1. The predicted molar refractivity (Wildman–Crippen MR) is 31.8 cm³/mol. The van der Waals surface area contributed by atoms with E-state index in [1.165, 1.54) is 0 Å². The van der Waals surface area contributed by atoms with Crippen molar-refractivity contribution in [2.45, 2.75) is 24.6 Å². The van der Waals surface area contributed by atoms with Crippen LogP contribution in [0, 0.1) is 0 Å². The molecule has 1 atom stereocenters. The Kier molecular flexibility index (Phi) is 2.55. The molecule has 0 spiro atoms. The van der Waals surface area contributed by atoms with Gasteiger partial charge in [-0.25, -0.2) is 4.79 Å². The van der Waals surface area contributed by atoms with Crippen LogP contribution in [-0.2, 0) is 9.47 Å². The van der Waals surface area contributed by atoms with E-state index in [4.69, 9.17) is 0 Å². The molecule has 8 heteroatoms. The van der Waals surface area contributed by atoms with E-state index in [1.807, 2.05) is 0 Å². The second-order valence-electron chi connectivity index (χ2n) is 2.61. The molecule has 0 radical (unpaired) electrons. The lowest BCUT2D eigenvalue weighted by atomic mass is 10.1. The molecule has 1 rings (SSSR count). The standard InChI is InChI=1S/C6H5F5O3/c7-5(8,6(9,10)11)3-1-2-13-4(12)14-3/h3H,1-2H2. The summed E-state index contributed by atoms with van der Waals surface area (Å²) in [4.78, 5) is 10.3. The van der Waals surface area contributed by atoms with E-state index in [9.17, 15) is 26.7 Å². The van der Waals surface area contributed by atoms with Gasteiger partial charge in [-0.2, -0.15) is 22.0 Å². The Hall–Kier alpha value is -1.08. The van der Waals surface area contributed by atoms with Crippen LogP contribution in [0.2, 0.25) is 0 Å². The number of cyclic esters (lactones) is 2. The van der Waals surface area contributed by atoms with Gasteiger partial charge in [0.1, 0.15) is 0 Å². The molecule has 0 N–H and O–H groups in total. The largest absolute Gasteiger partial charge is 0.508 e. The zero-order chi connectivity index (χ0) is 11.0. The van der Waals surface area contributed by atoms with Crippen molar-refractivity contribution in [3.63, 3.8) is 0 Å². The molecule has 1 heterocycles. The molecule has 14 heavy (non-hydrogen) atoms. The number of hydrogen-bond acceptors (Lipinski definition) is 3. The van der Waals surface area contributed by atoms with E-state index in [0.717, 1.165) is 0 Å². The van der Waals surface area contributed by atoms with Gasteiger partial charge in [-0.3, -0.25) is 0 Å². The van der Waals surface area contributed by atoms with E-state index in [1.54, 1.807) is 0 Å². The van der Waals surface area contributed by atoms with Crippen LogP contribution in [0.1, 0.15) is 6.42 Å². The Bertz CT molecular complexity index is 236. The quantitative estimate of drug-likeness (QED) is 0.501. The topological polar surface area (TPSA) is 35.5 Å². The van der Waals surface area contributed by atoms with Crippen LogP contribution in [0.4, 0.5) is 26.7 Å². The Morgan fingerprint density at radius 2 is 1.79 bits per heavy atom. The minimum absolute atomic E-state index is 0.505. The average molecular weight is 220 g/mol. The summed E-state index contributed by atoms with van der Waals surface area (Å²) in [6.45, 7) is -0.505. The number of halogens is 5.